The number of hydrogen-bond donors (Lipinski definition) is 4. The summed E-state index contributed by atoms with van der Waals surface area (Å²) in [5.74, 6) is -4.23. The molecule has 1 rings (SSSR count). The second-order valence-corrected chi connectivity index (χ2v) is 9.21. The Bertz CT molecular complexity index is 730. The normalized spacial score (nSPS) is 21.7. The van der Waals surface area contributed by atoms with Gasteiger partial charge in [0.1, 0.15) is 6.10 Å². The van der Waals surface area contributed by atoms with E-state index in [-0.39, 0.29) is 62.8 Å². The fraction of sp³-hybridized carbons (Fsp3) is 0.750. The molecule has 12 nitrogen and oxygen atoms in total. The number of carbonyl (C=O) groups excluding carboxylic acids is 3. The number of carbonyl (C=O) groups is 5. The molecule has 1 heterocycles. The number of nitrogens with one attached hydrogen (secondary N) is 2. The maximum atomic E-state index is 12.7. The minimum Gasteiger partial charge on any atom is -0.481 e. The first-order chi connectivity index (χ1) is 15.4. The van der Waals surface area contributed by atoms with Gasteiger partial charge in [0.2, 0.25) is 11.8 Å². The highest BCUT2D eigenvalue weighted by molar-refractivity contribution is 8.13. The quantitative estimate of drug-likeness (QED) is 0.246. The Labute approximate surface area is 196 Å². The average molecular weight is 493 g/mol. The number of thioether (sulfide) groups is 1. The smallest absolute Gasteiger partial charge is 0.303 e. The molecule has 2 amide bonds. The van der Waals surface area contributed by atoms with Crippen LogP contribution < -0.4 is 10.6 Å². The topological polar surface area (TPSA) is 178 Å². The molecular formula is C20H32N2O10S. The van der Waals surface area contributed by atoms with Crippen molar-refractivity contribution < 1.29 is 48.4 Å². The Hall–Kier alpha value is -2.22. The van der Waals surface area contributed by atoms with E-state index >= 15 is 0 Å². The van der Waals surface area contributed by atoms with Crippen LogP contribution in [0.2, 0.25) is 0 Å². The van der Waals surface area contributed by atoms with Crippen molar-refractivity contribution in [1.82, 2.24) is 10.6 Å². The summed E-state index contributed by atoms with van der Waals surface area (Å²) in [6.45, 7) is 3.89. The molecule has 13 heteroatoms. The zero-order chi connectivity index (χ0) is 25.1. The molecule has 33 heavy (non-hydrogen) atoms. The molecule has 0 aromatic rings. The molecule has 1 aliphatic heterocycles. The van der Waals surface area contributed by atoms with Crippen LogP contribution in [0.1, 0.15) is 46.0 Å². The van der Waals surface area contributed by atoms with E-state index in [4.69, 9.17) is 24.4 Å². The summed E-state index contributed by atoms with van der Waals surface area (Å²) >= 11 is 0.952. The van der Waals surface area contributed by atoms with E-state index in [0.29, 0.717) is 5.75 Å². The van der Waals surface area contributed by atoms with Gasteiger partial charge in [0, 0.05) is 50.6 Å². The van der Waals surface area contributed by atoms with Crippen LogP contribution in [0.15, 0.2) is 0 Å². The monoisotopic (exact) mass is 492 g/mol. The SMILES string of the molecule is COC1(CCC(=O)O)OCC(C)(C)[C@H](C(=O)NCCC(=O)NCCSC(=O)CCC(=O)O)O1. The van der Waals surface area contributed by atoms with Crippen molar-refractivity contribution in [3.63, 3.8) is 0 Å². The molecule has 0 aromatic carbocycles. The molecule has 4 N–H and O–H groups in total. The third-order valence-corrected chi connectivity index (χ3v) is 5.68. The minimum atomic E-state index is -1.65. The van der Waals surface area contributed by atoms with Crippen molar-refractivity contribution in [2.75, 3.05) is 32.6 Å². The molecule has 0 radical (unpaired) electrons. The maximum absolute atomic E-state index is 12.7. The lowest BCUT2D eigenvalue weighted by Crippen LogP contribution is -2.59. The van der Waals surface area contributed by atoms with Crippen LogP contribution in [-0.2, 0) is 38.2 Å². The summed E-state index contributed by atoms with van der Waals surface area (Å²) in [6, 6.07) is 0. The van der Waals surface area contributed by atoms with E-state index in [0.717, 1.165) is 11.8 Å². The van der Waals surface area contributed by atoms with E-state index in [1.807, 2.05) is 0 Å². The second-order valence-electron chi connectivity index (χ2n) is 8.06. The van der Waals surface area contributed by atoms with Gasteiger partial charge in [-0.1, -0.05) is 25.6 Å². The fourth-order valence-corrected chi connectivity index (χ4v) is 3.55. The van der Waals surface area contributed by atoms with Gasteiger partial charge in [-0.2, -0.15) is 0 Å². The van der Waals surface area contributed by atoms with Gasteiger partial charge in [-0.15, -0.1) is 0 Å². The van der Waals surface area contributed by atoms with Gasteiger partial charge in [-0.3, -0.25) is 24.0 Å². The number of hydrogen-bond acceptors (Lipinski definition) is 9. The maximum Gasteiger partial charge on any atom is 0.303 e. The van der Waals surface area contributed by atoms with Crippen molar-refractivity contribution in [2.45, 2.75) is 58.0 Å². The molecule has 0 saturated carbocycles. The number of amides is 2. The summed E-state index contributed by atoms with van der Waals surface area (Å²) in [4.78, 5) is 57.4. The van der Waals surface area contributed by atoms with Gasteiger partial charge in [0.05, 0.1) is 19.4 Å². The van der Waals surface area contributed by atoms with Crippen LogP contribution >= 0.6 is 11.8 Å². The van der Waals surface area contributed by atoms with Gasteiger partial charge in [0.15, 0.2) is 5.12 Å². The molecule has 1 saturated heterocycles. The lowest BCUT2D eigenvalue weighted by Gasteiger charge is -2.46. The van der Waals surface area contributed by atoms with E-state index in [9.17, 15) is 24.0 Å². The first kappa shape index (κ1) is 28.8. The van der Waals surface area contributed by atoms with Crippen molar-refractivity contribution in [2.24, 2.45) is 5.41 Å². The van der Waals surface area contributed by atoms with Crippen molar-refractivity contribution in [1.29, 1.82) is 0 Å². The minimum absolute atomic E-state index is 0.00144. The zero-order valence-electron chi connectivity index (χ0n) is 19.0. The third-order valence-electron chi connectivity index (χ3n) is 4.75. The molecule has 0 bridgehead atoms. The van der Waals surface area contributed by atoms with Crippen molar-refractivity contribution >= 4 is 40.6 Å². The number of rotatable bonds is 14. The molecule has 2 atom stereocenters. The molecule has 1 aliphatic rings. The second kappa shape index (κ2) is 13.5. The predicted octanol–water partition coefficient (Wildman–Crippen LogP) is 0.340. The van der Waals surface area contributed by atoms with E-state index in [1.165, 1.54) is 7.11 Å². The first-order valence-electron chi connectivity index (χ1n) is 10.4. The zero-order valence-corrected chi connectivity index (χ0v) is 19.8. The highest BCUT2D eigenvalue weighted by atomic mass is 32.2. The molecular weight excluding hydrogens is 460 g/mol. The number of ether oxygens (including phenoxy) is 3. The van der Waals surface area contributed by atoms with Crippen molar-refractivity contribution in [3.05, 3.63) is 0 Å². The van der Waals surface area contributed by atoms with Crippen LogP contribution in [0.25, 0.3) is 0 Å². The number of aliphatic carboxylic acids is 2. The molecule has 1 unspecified atom stereocenters. The Balaban J connectivity index is 2.41. The van der Waals surface area contributed by atoms with Crippen LogP contribution in [-0.4, -0.2) is 83.7 Å². The first-order valence-corrected chi connectivity index (χ1v) is 11.4. The standard InChI is InChI=1S/C20H32N2O10S/c1-19(2)12-31-20(30-3,8-6-15(26)27)32-17(19)18(29)22-9-7-13(23)21-10-11-33-16(28)5-4-14(24)25/h17H,4-12H2,1-3H3,(H,21,23)(H,22,29)(H,24,25)(H,26,27)/t17-,20?/m0/s1. The highest BCUT2D eigenvalue weighted by Crippen LogP contribution is 2.38. The fourth-order valence-electron chi connectivity index (χ4n) is 2.87. The molecule has 1 fully saturated rings. The Kier molecular flexibility index (Phi) is 11.8. The van der Waals surface area contributed by atoms with Crippen LogP contribution in [0.5, 0.6) is 0 Å². The summed E-state index contributed by atoms with van der Waals surface area (Å²) in [7, 11) is 1.30. The molecule has 0 spiro atoms. The summed E-state index contributed by atoms with van der Waals surface area (Å²) < 4.78 is 16.6. The summed E-state index contributed by atoms with van der Waals surface area (Å²) in [6.07, 6.45) is -1.65. The number of carboxylic acids is 2. The number of carboxylic acid groups (broad SMARTS) is 2. The molecule has 188 valence electrons. The largest absolute Gasteiger partial charge is 0.481 e. The number of methoxy groups -OCH3 is 1. The molecule has 0 aliphatic carbocycles. The van der Waals surface area contributed by atoms with E-state index in [2.05, 4.69) is 10.6 Å². The Morgan fingerprint density at radius 1 is 1.00 bits per heavy atom. The van der Waals surface area contributed by atoms with Crippen LogP contribution in [0, 0.1) is 5.41 Å². The summed E-state index contributed by atoms with van der Waals surface area (Å²) in [5, 5.41) is 22.5. The predicted molar refractivity (Wildman–Crippen MR) is 116 cm³/mol. The Morgan fingerprint density at radius 3 is 2.27 bits per heavy atom. The highest BCUT2D eigenvalue weighted by Gasteiger charge is 2.50. The Morgan fingerprint density at radius 2 is 1.67 bits per heavy atom. The molecule has 0 aromatic heterocycles. The van der Waals surface area contributed by atoms with E-state index < -0.39 is 35.3 Å². The summed E-state index contributed by atoms with van der Waals surface area (Å²) in [5.41, 5.74) is -0.720. The lowest BCUT2D eigenvalue weighted by molar-refractivity contribution is -0.425. The van der Waals surface area contributed by atoms with Crippen molar-refractivity contribution in [3.8, 4) is 0 Å². The van der Waals surface area contributed by atoms with Gasteiger partial charge in [0.25, 0.3) is 5.97 Å². The van der Waals surface area contributed by atoms with Gasteiger partial charge in [-0.05, 0) is 0 Å². The lowest BCUT2D eigenvalue weighted by atomic mass is 9.85. The van der Waals surface area contributed by atoms with E-state index in [1.54, 1.807) is 13.8 Å². The van der Waals surface area contributed by atoms with Gasteiger partial charge < -0.3 is 35.1 Å². The van der Waals surface area contributed by atoms with Crippen LogP contribution in [0.3, 0.4) is 0 Å². The van der Waals surface area contributed by atoms with Gasteiger partial charge >= 0.3 is 11.9 Å². The van der Waals surface area contributed by atoms with Gasteiger partial charge in [-0.25, -0.2) is 0 Å². The average Bonchev–Trinajstić information content (AvgIpc) is 2.74. The van der Waals surface area contributed by atoms with Crippen LogP contribution in [0.4, 0.5) is 0 Å². The third kappa shape index (κ3) is 10.5.